The molecule has 3 rings (SSSR count). The third-order valence-corrected chi connectivity index (χ3v) is 4.05. The average molecular weight is 233 g/mol. The molecule has 2 saturated carbocycles. The van der Waals surface area contributed by atoms with E-state index in [9.17, 15) is 0 Å². The van der Waals surface area contributed by atoms with Crippen molar-refractivity contribution >= 4 is 0 Å². The molecular formula is C14H23N3. The van der Waals surface area contributed by atoms with Crippen LogP contribution in [-0.2, 0) is 6.42 Å². The van der Waals surface area contributed by atoms with Crippen LogP contribution in [0, 0.1) is 5.41 Å². The third kappa shape index (κ3) is 2.71. The first-order valence-electron chi connectivity index (χ1n) is 6.94. The molecule has 1 heterocycles. The van der Waals surface area contributed by atoms with E-state index < -0.39 is 0 Å². The van der Waals surface area contributed by atoms with Crippen LogP contribution >= 0.6 is 0 Å². The van der Waals surface area contributed by atoms with Gasteiger partial charge in [-0.05, 0) is 57.4 Å². The van der Waals surface area contributed by atoms with Crippen LogP contribution in [0.4, 0.5) is 0 Å². The van der Waals surface area contributed by atoms with Crippen LogP contribution in [0.5, 0.6) is 0 Å². The smallest absolute Gasteiger partial charge is 0.0630 e. The van der Waals surface area contributed by atoms with E-state index in [4.69, 9.17) is 0 Å². The lowest BCUT2D eigenvalue weighted by Crippen LogP contribution is -2.27. The molecule has 3 heteroatoms. The van der Waals surface area contributed by atoms with Crippen molar-refractivity contribution in [1.82, 2.24) is 15.1 Å². The molecule has 0 spiro atoms. The fourth-order valence-corrected chi connectivity index (χ4v) is 2.38. The molecule has 0 aromatic carbocycles. The van der Waals surface area contributed by atoms with Gasteiger partial charge in [0.25, 0.3) is 0 Å². The second-order valence-electron chi connectivity index (χ2n) is 6.21. The second-order valence-corrected chi connectivity index (χ2v) is 6.21. The topological polar surface area (TPSA) is 29.9 Å². The lowest BCUT2D eigenvalue weighted by molar-refractivity contribution is 0.441. The highest BCUT2D eigenvalue weighted by atomic mass is 15.3. The van der Waals surface area contributed by atoms with E-state index in [1.165, 1.54) is 37.9 Å². The first-order chi connectivity index (χ1) is 8.17. The zero-order valence-electron chi connectivity index (χ0n) is 10.9. The molecule has 0 amide bonds. The Bertz CT molecular complexity index is 386. The van der Waals surface area contributed by atoms with E-state index in [1.807, 2.05) is 0 Å². The van der Waals surface area contributed by atoms with E-state index in [2.05, 4.69) is 41.2 Å². The van der Waals surface area contributed by atoms with Gasteiger partial charge in [-0.25, -0.2) is 0 Å². The molecule has 0 aliphatic heterocycles. The summed E-state index contributed by atoms with van der Waals surface area (Å²) in [6.45, 7) is 5.56. The Morgan fingerprint density at radius 1 is 1.47 bits per heavy atom. The van der Waals surface area contributed by atoms with Crippen molar-refractivity contribution in [2.24, 2.45) is 5.41 Å². The molecule has 2 aliphatic carbocycles. The monoisotopic (exact) mass is 233 g/mol. The first-order valence-corrected chi connectivity index (χ1v) is 6.94. The molecule has 3 nitrogen and oxygen atoms in total. The SMILES string of the molecule is CC(C)n1ccc(CC2(CNC3CC3)CC2)n1. The van der Waals surface area contributed by atoms with Gasteiger partial charge in [0.2, 0.25) is 0 Å². The molecule has 0 atom stereocenters. The molecule has 2 fully saturated rings. The van der Waals surface area contributed by atoms with Gasteiger partial charge in [0.05, 0.1) is 5.69 Å². The number of hydrogen-bond acceptors (Lipinski definition) is 2. The third-order valence-electron chi connectivity index (χ3n) is 4.05. The number of rotatable bonds is 6. The Hall–Kier alpha value is -0.830. The molecule has 2 aliphatic rings. The van der Waals surface area contributed by atoms with Gasteiger partial charge < -0.3 is 5.32 Å². The summed E-state index contributed by atoms with van der Waals surface area (Å²) >= 11 is 0. The molecule has 0 saturated heterocycles. The van der Waals surface area contributed by atoms with Crippen LogP contribution in [0.15, 0.2) is 12.3 Å². The quantitative estimate of drug-likeness (QED) is 0.818. The number of nitrogens with one attached hydrogen (secondary N) is 1. The minimum absolute atomic E-state index is 0.475. The van der Waals surface area contributed by atoms with Crippen molar-refractivity contribution in [1.29, 1.82) is 0 Å². The lowest BCUT2D eigenvalue weighted by atomic mass is 10.0. The van der Waals surface area contributed by atoms with Crippen LogP contribution in [0.1, 0.15) is 51.3 Å². The highest BCUT2D eigenvalue weighted by molar-refractivity contribution is 5.09. The van der Waals surface area contributed by atoms with Crippen molar-refractivity contribution < 1.29 is 0 Å². The molecule has 17 heavy (non-hydrogen) atoms. The van der Waals surface area contributed by atoms with Crippen molar-refractivity contribution in [3.8, 4) is 0 Å². The van der Waals surface area contributed by atoms with Gasteiger partial charge in [0, 0.05) is 24.8 Å². The van der Waals surface area contributed by atoms with Crippen molar-refractivity contribution in [3.05, 3.63) is 18.0 Å². The predicted molar refractivity (Wildman–Crippen MR) is 69.0 cm³/mol. The highest BCUT2D eigenvalue weighted by Gasteiger charge is 2.43. The van der Waals surface area contributed by atoms with Gasteiger partial charge in [-0.1, -0.05) is 0 Å². The van der Waals surface area contributed by atoms with E-state index in [1.54, 1.807) is 0 Å². The highest BCUT2D eigenvalue weighted by Crippen LogP contribution is 2.48. The Kier molecular flexibility index (Phi) is 2.74. The van der Waals surface area contributed by atoms with E-state index in [0.717, 1.165) is 12.5 Å². The van der Waals surface area contributed by atoms with Gasteiger partial charge in [-0.3, -0.25) is 4.68 Å². The van der Waals surface area contributed by atoms with Crippen molar-refractivity contribution in [2.75, 3.05) is 6.54 Å². The van der Waals surface area contributed by atoms with Gasteiger partial charge in [-0.15, -0.1) is 0 Å². The summed E-state index contributed by atoms with van der Waals surface area (Å²) in [6, 6.07) is 3.50. The largest absolute Gasteiger partial charge is 0.313 e. The summed E-state index contributed by atoms with van der Waals surface area (Å²) in [6.07, 6.45) is 8.80. The van der Waals surface area contributed by atoms with E-state index in [-0.39, 0.29) is 0 Å². The maximum absolute atomic E-state index is 4.67. The Morgan fingerprint density at radius 2 is 2.24 bits per heavy atom. The summed E-state index contributed by atoms with van der Waals surface area (Å²) in [5, 5.41) is 8.34. The van der Waals surface area contributed by atoms with Gasteiger partial charge >= 0.3 is 0 Å². The molecule has 94 valence electrons. The first kappa shape index (κ1) is 11.3. The average Bonchev–Trinajstić information content (AvgIpc) is 3.18. The van der Waals surface area contributed by atoms with Crippen LogP contribution < -0.4 is 5.32 Å². The lowest BCUT2D eigenvalue weighted by Gasteiger charge is -2.14. The van der Waals surface area contributed by atoms with Gasteiger partial charge in [0.1, 0.15) is 0 Å². The summed E-state index contributed by atoms with van der Waals surface area (Å²) in [5.41, 5.74) is 1.81. The molecule has 0 radical (unpaired) electrons. The van der Waals surface area contributed by atoms with Gasteiger partial charge in [-0.2, -0.15) is 5.10 Å². The molecule has 0 unspecified atom stereocenters. The van der Waals surface area contributed by atoms with Crippen molar-refractivity contribution in [3.63, 3.8) is 0 Å². The van der Waals surface area contributed by atoms with Crippen molar-refractivity contribution in [2.45, 2.75) is 58.0 Å². The Morgan fingerprint density at radius 3 is 2.76 bits per heavy atom. The van der Waals surface area contributed by atoms with E-state index in [0.29, 0.717) is 11.5 Å². The number of hydrogen-bond donors (Lipinski definition) is 1. The zero-order valence-corrected chi connectivity index (χ0v) is 10.9. The molecule has 1 aromatic rings. The summed E-state index contributed by atoms with van der Waals surface area (Å²) in [5.74, 6) is 0. The standard InChI is InChI=1S/C14H23N3/c1-11(2)17-8-5-13(16-17)9-14(6-7-14)10-15-12-3-4-12/h5,8,11-12,15H,3-4,6-7,9-10H2,1-2H3. The maximum Gasteiger partial charge on any atom is 0.0630 e. The number of nitrogens with zero attached hydrogens (tertiary/aromatic N) is 2. The molecular weight excluding hydrogens is 210 g/mol. The van der Waals surface area contributed by atoms with Crippen LogP contribution in [0.3, 0.4) is 0 Å². The molecule has 0 bridgehead atoms. The van der Waals surface area contributed by atoms with Crippen LogP contribution in [0.2, 0.25) is 0 Å². The predicted octanol–water partition coefficient (Wildman–Crippen LogP) is 2.54. The molecule has 1 aromatic heterocycles. The minimum Gasteiger partial charge on any atom is -0.313 e. The second kappa shape index (κ2) is 4.13. The summed E-state index contributed by atoms with van der Waals surface area (Å²) in [7, 11) is 0. The van der Waals surface area contributed by atoms with Gasteiger partial charge in [0.15, 0.2) is 0 Å². The zero-order chi connectivity index (χ0) is 11.9. The Balaban J connectivity index is 1.57. The fraction of sp³-hybridized carbons (Fsp3) is 0.786. The van der Waals surface area contributed by atoms with E-state index >= 15 is 0 Å². The summed E-state index contributed by atoms with van der Waals surface area (Å²) < 4.78 is 2.07. The van der Waals surface area contributed by atoms with Crippen LogP contribution in [-0.4, -0.2) is 22.4 Å². The molecule has 1 N–H and O–H groups in total. The Labute approximate surface area is 104 Å². The normalized spacial score (nSPS) is 22.1. The fourth-order valence-electron chi connectivity index (χ4n) is 2.38. The summed E-state index contributed by atoms with van der Waals surface area (Å²) in [4.78, 5) is 0. The number of aromatic nitrogens is 2. The maximum atomic E-state index is 4.67. The van der Waals surface area contributed by atoms with Crippen LogP contribution in [0.25, 0.3) is 0 Å². The minimum atomic E-state index is 0.475.